The fourth-order valence-electron chi connectivity index (χ4n) is 11.5. The summed E-state index contributed by atoms with van der Waals surface area (Å²) in [6.45, 7) is 4.76. The summed E-state index contributed by atoms with van der Waals surface area (Å²) in [5.41, 5.74) is 20.4. The van der Waals surface area contributed by atoms with Gasteiger partial charge in [-0.15, -0.1) is 11.3 Å². The van der Waals surface area contributed by atoms with Gasteiger partial charge >= 0.3 is 0 Å². The predicted molar refractivity (Wildman–Crippen MR) is 280 cm³/mol. The van der Waals surface area contributed by atoms with Crippen LogP contribution in [0.2, 0.25) is 0 Å². The number of anilines is 3. The van der Waals surface area contributed by atoms with Crippen molar-refractivity contribution >= 4 is 48.6 Å². The zero-order chi connectivity index (χ0) is 44.0. The minimum atomic E-state index is -0.556. The lowest BCUT2D eigenvalue weighted by molar-refractivity contribution is 0.660. The largest absolute Gasteiger partial charge is 0.310 e. The number of hydrogen-bond acceptors (Lipinski definition) is 2. The summed E-state index contributed by atoms with van der Waals surface area (Å²) in [4.78, 5) is 2.53. The zero-order valence-electron chi connectivity index (χ0n) is 36.9. The van der Waals surface area contributed by atoms with Crippen LogP contribution >= 0.6 is 11.3 Å². The molecule has 13 rings (SSSR count). The maximum absolute atomic E-state index is 2.54. The molecule has 2 aliphatic carbocycles. The molecule has 1 aromatic heterocycles. The lowest BCUT2D eigenvalue weighted by Gasteiger charge is -2.35. The van der Waals surface area contributed by atoms with Gasteiger partial charge in [0.15, 0.2) is 0 Å². The van der Waals surface area contributed by atoms with E-state index in [1.165, 1.54) is 98.1 Å². The molecule has 0 unspecified atom stereocenters. The Morgan fingerprint density at radius 1 is 0.333 bits per heavy atom. The second-order valence-corrected chi connectivity index (χ2v) is 19.5. The van der Waals surface area contributed by atoms with Crippen molar-refractivity contribution in [3.63, 3.8) is 0 Å². The number of benzene rings is 10. The Morgan fingerprint density at radius 2 is 0.894 bits per heavy atom. The van der Waals surface area contributed by atoms with E-state index in [4.69, 9.17) is 0 Å². The summed E-state index contributed by atoms with van der Waals surface area (Å²) in [6.07, 6.45) is 0. The fourth-order valence-corrected chi connectivity index (χ4v) is 12.6. The monoisotopic (exact) mass is 859 g/mol. The number of hydrogen-bond donors (Lipinski definition) is 0. The molecular weight excluding hydrogens is 815 g/mol. The molecule has 0 aliphatic heterocycles. The third-order valence-corrected chi connectivity index (χ3v) is 15.7. The van der Waals surface area contributed by atoms with E-state index in [0.29, 0.717) is 0 Å². The smallest absolute Gasteiger partial charge is 0.0714 e. The maximum Gasteiger partial charge on any atom is 0.0714 e. The molecule has 0 spiro atoms. The van der Waals surface area contributed by atoms with Gasteiger partial charge in [0.2, 0.25) is 0 Å². The van der Waals surface area contributed by atoms with Gasteiger partial charge in [-0.1, -0.05) is 196 Å². The summed E-state index contributed by atoms with van der Waals surface area (Å²) in [6, 6.07) is 88.5. The van der Waals surface area contributed by atoms with Gasteiger partial charge in [0.1, 0.15) is 0 Å². The van der Waals surface area contributed by atoms with Crippen LogP contribution in [0.4, 0.5) is 17.1 Å². The topological polar surface area (TPSA) is 3.24 Å². The minimum Gasteiger partial charge on any atom is -0.310 e. The first-order valence-corrected chi connectivity index (χ1v) is 23.8. The average molecular weight is 860 g/mol. The number of rotatable bonds is 7. The third-order valence-electron chi connectivity index (χ3n) is 14.6. The lowest BCUT2D eigenvalue weighted by Crippen LogP contribution is -2.28. The van der Waals surface area contributed by atoms with Crippen molar-refractivity contribution in [3.05, 3.63) is 270 Å². The van der Waals surface area contributed by atoms with Crippen molar-refractivity contribution in [2.45, 2.75) is 24.7 Å². The van der Waals surface area contributed by atoms with Crippen LogP contribution in [-0.4, -0.2) is 0 Å². The van der Waals surface area contributed by atoms with Gasteiger partial charge in [0.05, 0.1) is 11.1 Å². The van der Waals surface area contributed by atoms with Crippen LogP contribution in [0.15, 0.2) is 237 Å². The molecule has 11 aromatic rings. The van der Waals surface area contributed by atoms with Crippen LogP contribution in [0, 0.1) is 0 Å². The van der Waals surface area contributed by atoms with Crippen LogP contribution in [0.1, 0.15) is 47.2 Å². The number of thiophene rings is 1. The highest BCUT2D eigenvalue weighted by Crippen LogP contribution is 2.59. The van der Waals surface area contributed by atoms with E-state index in [-0.39, 0.29) is 5.41 Å². The van der Waals surface area contributed by atoms with Crippen LogP contribution < -0.4 is 4.90 Å². The Hall–Kier alpha value is -7.78. The minimum absolute atomic E-state index is 0.167. The van der Waals surface area contributed by atoms with Crippen molar-refractivity contribution < 1.29 is 0 Å². The molecule has 1 nitrogen and oxygen atoms in total. The van der Waals surface area contributed by atoms with E-state index in [0.717, 1.165) is 17.1 Å². The van der Waals surface area contributed by atoms with Gasteiger partial charge < -0.3 is 4.90 Å². The molecule has 0 bridgehead atoms. The molecule has 312 valence electrons. The van der Waals surface area contributed by atoms with Gasteiger partial charge in [-0.3, -0.25) is 0 Å². The molecular formula is C64H45NS. The van der Waals surface area contributed by atoms with Crippen molar-refractivity contribution in [3.8, 4) is 44.5 Å². The SMILES string of the molecule is CC1(C)c2ccccc2-c2ccc(N(c3ccc(-c4ccc5sc6ccccc6c5c4)cc3)c3cc4c(cc3-c3ccccc3)-c3ccccc3C4(c3ccccc3)c3ccccc3)cc21. The average Bonchev–Trinajstić information content (AvgIpc) is 3.98. The summed E-state index contributed by atoms with van der Waals surface area (Å²) in [7, 11) is 0. The number of fused-ring (bicyclic) bond motifs is 9. The summed E-state index contributed by atoms with van der Waals surface area (Å²) >= 11 is 1.87. The van der Waals surface area contributed by atoms with Crippen molar-refractivity contribution in [1.82, 2.24) is 0 Å². The molecule has 0 atom stereocenters. The Kier molecular flexibility index (Phi) is 8.72. The van der Waals surface area contributed by atoms with Gasteiger partial charge in [0, 0.05) is 42.5 Å². The molecule has 2 aliphatic rings. The number of nitrogens with zero attached hydrogens (tertiary/aromatic N) is 1. The van der Waals surface area contributed by atoms with Gasteiger partial charge in [0.25, 0.3) is 0 Å². The van der Waals surface area contributed by atoms with E-state index in [9.17, 15) is 0 Å². The highest BCUT2D eigenvalue weighted by atomic mass is 32.1. The Labute approximate surface area is 390 Å². The van der Waals surface area contributed by atoms with E-state index in [1.54, 1.807) is 0 Å². The molecule has 10 aromatic carbocycles. The Bertz CT molecular complexity index is 3620. The molecule has 0 saturated carbocycles. The molecule has 0 radical (unpaired) electrons. The standard InChI is InChI=1S/C64H45NS/c1-63(2)56-27-15-12-24-49(56)51-36-35-48(39-58(51)63)65(47-33-30-42(31-34-47)44-32-37-62-55(38-44)52-26-14-17-29-61(52)66-62)60-41-59-54(40-53(60)43-18-6-3-7-19-43)50-25-13-16-28-57(50)64(59,45-20-8-4-9-21-45)46-22-10-5-11-23-46/h3-41H,1-2H3. The van der Waals surface area contributed by atoms with E-state index < -0.39 is 5.41 Å². The molecule has 66 heavy (non-hydrogen) atoms. The lowest BCUT2D eigenvalue weighted by atomic mass is 9.67. The van der Waals surface area contributed by atoms with Crippen molar-refractivity contribution in [2.24, 2.45) is 0 Å². The van der Waals surface area contributed by atoms with Crippen molar-refractivity contribution in [2.75, 3.05) is 4.90 Å². The second-order valence-electron chi connectivity index (χ2n) is 18.4. The summed E-state index contributed by atoms with van der Waals surface area (Å²) in [5, 5.41) is 2.63. The Balaban J connectivity index is 1.08. The Morgan fingerprint density at radius 3 is 1.62 bits per heavy atom. The first kappa shape index (κ1) is 38.7. The van der Waals surface area contributed by atoms with E-state index >= 15 is 0 Å². The van der Waals surface area contributed by atoms with E-state index in [1.807, 2.05) is 11.3 Å². The van der Waals surface area contributed by atoms with E-state index in [2.05, 4.69) is 255 Å². The zero-order valence-corrected chi connectivity index (χ0v) is 37.7. The van der Waals surface area contributed by atoms with Gasteiger partial charge in [-0.25, -0.2) is 0 Å². The normalized spacial score (nSPS) is 13.8. The molecule has 1 heterocycles. The summed E-state index contributed by atoms with van der Waals surface area (Å²) < 4.78 is 2.64. The summed E-state index contributed by atoms with van der Waals surface area (Å²) in [5.74, 6) is 0. The molecule has 0 saturated heterocycles. The molecule has 2 heteroatoms. The first-order valence-electron chi connectivity index (χ1n) is 23.0. The van der Waals surface area contributed by atoms with Crippen LogP contribution in [0.3, 0.4) is 0 Å². The maximum atomic E-state index is 2.54. The molecule has 0 amide bonds. The van der Waals surface area contributed by atoms with Gasteiger partial charge in [-0.2, -0.15) is 0 Å². The fraction of sp³-hybridized carbons (Fsp3) is 0.0625. The van der Waals surface area contributed by atoms with Crippen molar-refractivity contribution in [1.29, 1.82) is 0 Å². The second kappa shape index (κ2) is 14.9. The van der Waals surface area contributed by atoms with Crippen LogP contribution in [0.5, 0.6) is 0 Å². The molecule has 0 N–H and O–H groups in total. The highest BCUT2D eigenvalue weighted by molar-refractivity contribution is 7.25. The molecule has 0 fully saturated rings. The van der Waals surface area contributed by atoms with Crippen LogP contribution in [0.25, 0.3) is 64.7 Å². The quantitative estimate of drug-likeness (QED) is 0.154. The third kappa shape index (κ3) is 5.71. The van der Waals surface area contributed by atoms with Crippen LogP contribution in [-0.2, 0) is 10.8 Å². The first-order chi connectivity index (χ1) is 32.5. The predicted octanol–water partition coefficient (Wildman–Crippen LogP) is 17.5. The van der Waals surface area contributed by atoms with Gasteiger partial charge in [-0.05, 0) is 127 Å². The highest BCUT2D eigenvalue weighted by Gasteiger charge is 2.47.